The third-order valence-electron chi connectivity index (χ3n) is 4.20. The lowest BCUT2D eigenvalue weighted by Gasteiger charge is -2.10. The summed E-state index contributed by atoms with van der Waals surface area (Å²) in [4.78, 5) is 20.3. The summed E-state index contributed by atoms with van der Waals surface area (Å²) in [6.07, 6.45) is 0. The number of H-pyrrole nitrogens is 1. The van der Waals surface area contributed by atoms with Gasteiger partial charge in [-0.1, -0.05) is 36.4 Å². The Morgan fingerprint density at radius 2 is 1.80 bits per heavy atom. The molecule has 0 spiro atoms. The molecule has 0 saturated heterocycles. The minimum atomic E-state index is -0.140. The first-order valence-corrected chi connectivity index (χ1v) is 8.04. The molecule has 25 heavy (non-hydrogen) atoms. The van der Waals surface area contributed by atoms with Gasteiger partial charge >= 0.3 is 0 Å². The summed E-state index contributed by atoms with van der Waals surface area (Å²) in [6.45, 7) is 0.341. The average Bonchev–Trinajstić information content (AvgIpc) is 3.08. The maximum atomic E-state index is 12.7. The van der Waals surface area contributed by atoms with Gasteiger partial charge in [0.2, 0.25) is 0 Å². The quantitative estimate of drug-likeness (QED) is 0.600. The zero-order valence-electron chi connectivity index (χ0n) is 13.7. The minimum absolute atomic E-state index is 0.140. The Bertz CT molecular complexity index is 1040. The van der Waals surface area contributed by atoms with Gasteiger partial charge in [0, 0.05) is 10.9 Å². The summed E-state index contributed by atoms with van der Waals surface area (Å²) in [6, 6.07) is 19.1. The summed E-state index contributed by atoms with van der Waals surface area (Å²) in [5, 5.41) is 4.72. The van der Waals surface area contributed by atoms with Crippen molar-refractivity contribution in [1.29, 1.82) is 0 Å². The second-order valence-corrected chi connectivity index (χ2v) is 5.74. The van der Waals surface area contributed by atoms with Crippen LogP contribution in [0.4, 0.5) is 0 Å². The number of aromatic amines is 1. The first kappa shape index (κ1) is 15.2. The SMILES string of the molecule is COc1ccc(C(=O)NCc2nc3ccccc3[nH]2)c2ccccc12. The van der Waals surface area contributed by atoms with Crippen molar-refractivity contribution < 1.29 is 9.53 Å². The number of aromatic nitrogens is 2. The average molecular weight is 331 g/mol. The van der Waals surface area contributed by atoms with Crippen LogP contribution >= 0.6 is 0 Å². The van der Waals surface area contributed by atoms with Crippen molar-refractivity contribution in [1.82, 2.24) is 15.3 Å². The molecule has 124 valence electrons. The first-order valence-electron chi connectivity index (χ1n) is 8.04. The number of imidazole rings is 1. The van der Waals surface area contributed by atoms with E-state index in [1.54, 1.807) is 13.2 Å². The molecule has 0 aliphatic carbocycles. The minimum Gasteiger partial charge on any atom is -0.496 e. The largest absolute Gasteiger partial charge is 0.496 e. The van der Waals surface area contributed by atoms with Crippen LogP contribution < -0.4 is 10.1 Å². The third kappa shape index (κ3) is 2.80. The summed E-state index contributed by atoms with van der Waals surface area (Å²) >= 11 is 0. The Morgan fingerprint density at radius 1 is 1.04 bits per heavy atom. The molecule has 0 aliphatic heterocycles. The Labute approximate surface area is 144 Å². The van der Waals surface area contributed by atoms with Crippen LogP contribution in [0.1, 0.15) is 16.2 Å². The highest BCUT2D eigenvalue weighted by Gasteiger charge is 2.13. The molecule has 3 aromatic carbocycles. The number of hydrogen-bond acceptors (Lipinski definition) is 3. The van der Waals surface area contributed by atoms with Gasteiger partial charge in [-0.2, -0.15) is 0 Å². The molecule has 1 amide bonds. The van der Waals surface area contributed by atoms with Crippen molar-refractivity contribution in [3.05, 3.63) is 72.1 Å². The zero-order chi connectivity index (χ0) is 17.2. The van der Waals surface area contributed by atoms with Crippen LogP contribution in [0, 0.1) is 0 Å². The fourth-order valence-corrected chi connectivity index (χ4v) is 3.00. The number of carbonyl (C=O) groups is 1. The van der Waals surface area contributed by atoms with Gasteiger partial charge in [0.05, 0.1) is 24.7 Å². The number of rotatable bonds is 4. The lowest BCUT2D eigenvalue weighted by molar-refractivity contribution is 0.0951. The van der Waals surface area contributed by atoms with Crippen molar-refractivity contribution in [2.45, 2.75) is 6.54 Å². The molecule has 0 saturated carbocycles. The van der Waals surface area contributed by atoms with E-state index >= 15 is 0 Å². The molecule has 5 heteroatoms. The maximum absolute atomic E-state index is 12.7. The molecular formula is C20H17N3O2. The molecule has 2 N–H and O–H groups in total. The Balaban J connectivity index is 1.60. The standard InChI is InChI=1S/C20H17N3O2/c1-25-18-11-10-15(13-6-2-3-7-14(13)18)20(24)21-12-19-22-16-8-4-5-9-17(16)23-19/h2-11H,12H2,1H3,(H,21,24)(H,22,23). The fourth-order valence-electron chi connectivity index (χ4n) is 3.00. The number of methoxy groups -OCH3 is 1. The molecule has 0 fully saturated rings. The van der Waals surface area contributed by atoms with Gasteiger partial charge in [0.15, 0.2) is 0 Å². The molecule has 4 rings (SSSR count). The maximum Gasteiger partial charge on any atom is 0.252 e. The van der Waals surface area contributed by atoms with E-state index < -0.39 is 0 Å². The van der Waals surface area contributed by atoms with Gasteiger partial charge in [-0.3, -0.25) is 4.79 Å². The number of nitrogens with one attached hydrogen (secondary N) is 2. The molecule has 1 aromatic heterocycles. The highest BCUT2D eigenvalue weighted by Crippen LogP contribution is 2.28. The third-order valence-corrected chi connectivity index (χ3v) is 4.20. The van der Waals surface area contributed by atoms with E-state index in [2.05, 4.69) is 15.3 Å². The monoisotopic (exact) mass is 331 g/mol. The molecule has 0 aliphatic rings. The predicted molar refractivity (Wildman–Crippen MR) is 97.8 cm³/mol. The van der Waals surface area contributed by atoms with Crippen molar-refractivity contribution in [3.8, 4) is 5.75 Å². The molecule has 0 unspecified atom stereocenters. The number of ether oxygens (including phenoxy) is 1. The number of para-hydroxylation sites is 2. The highest BCUT2D eigenvalue weighted by molar-refractivity contribution is 6.08. The van der Waals surface area contributed by atoms with Gasteiger partial charge in [0.25, 0.3) is 5.91 Å². The van der Waals surface area contributed by atoms with Gasteiger partial charge in [0.1, 0.15) is 11.6 Å². The lowest BCUT2D eigenvalue weighted by Crippen LogP contribution is -2.23. The summed E-state index contributed by atoms with van der Waals surface area (Å²) in [5.41, 5.74) is 2.47. The zero-order valence-corrected chi connectivity index (χ0v) is 13.7. The number of benzene rings is 3. The topological polar surface area (TPSA) is 67.0 Å². The van der Waals surface area contributed by atoms with E-state index in [0.29, 0.717) is 12.1 Å². The van der Waals surface area contributed by atoms with E-state index in [9.17, 15) is 4.79 Å². The van der Waals surface area contributed by atoms with Crippen LogP contribution in [-0.2, 0) is 6.54 Å². The van der Waals surface area contributed by atoms with E-state index in [1.165, 1.54) is 0 Å². The smallest absolute Gasteiger partial charge is 0.252 e. The molecule has 0 atom stereocenters. The fraction of sp³-hybridized carbons (Fsp3) is 0.100. The van der Waals surface area contributed by atoms with Crippen molar-refractivity contribution in [2.24, 2.45) is 0 Å². The summed E-state index contributed by atoms with van der Waals surface area (Å²) in [5.74, 6) is 1.34. The van der Waals surface area contributed by atoms with Crippen LogP contribution in [-0.4, -0.2) is 23.0 Å². The van der Waals surface area contributed by atoms with E-state index in [4.69, 9.17) is 4.74 Å². The van der Waals surface area contributed by atoms with Crippen molar-refractivity contribution in [2.75, 3.05) is 7.11 Å². The molecule has 0 radical (unpaired) electrons. The van der Waals surface area contributed by atoms with Crippen LogP contribution in [0.15, 0.2) is 60.7 Å². The van der Waals surface area contributed by atoms with Gasteiger partial charge < -0.3 is 15.0 Å². The molecule has 0 bridgehead atoms. The second kappa shape index (κ2) is 6.28. The molecule has 4 aromatic rings. The number of carbonyl (C=O) groups excluding carboxylic acids is 1. The van der Waals surface area contributed by atoms with Crippen LogP contribution in [0.5, 0.6) is 5.75 Å². The van der Waals surface area contributed by atoms with Crippen molar-refractivity contribution >= 4 is 27.7 Å². The Hall–Kier alpha value is -3.34. The molecular weight excluding hydrogens is 314 g/mol. The second-order valence-electron chi connectivity index (χ2n) is 5.74. The number of nitrogens with zero attached hydrogens (tertiary/aromatic N) is 1. The Kier molecular flexibility index (Phi) is 3.82. The van der Waals surface area contributed by atoms with Gasteiger partial charge in [-0.25, -0.2) is 4.98 Å². The van der Waals surface area contributed by atoms with Crippen LogP contribution in [0.25, 0.3) is 21.8 Å². The van der Waals surface area contributed by atoms with Crippen LogP contribution in [0.3, 0.4) is 0 Å². The number of fused-ring (bicyclic) bond motifs is 2. The van der Waals surface area contributed by atoms with Crippen LogP contribution in [0.2, 0.25) is 0 Å². The normalized spacial score (nSPS) is 10.9. The lowest BCUT2D eigenvalue weighted by atomic mass is 10.0. The van der Waals surface area contributed by atoms with Crippen molar-refractivity contribution in [3.63, 3.8) is 0 Å². The van der Waals surface area contributed by atoms with Gasteiger partial charge in [-0.15, -0.1) is 0 Å². The van der Waals surface area contributed by atoms with Gasteiger partial charge in [-0.05, 0) is 29.7 Å². The Morgan fingerprint density at radius 3 is 2.60 bits per heavy atom. The molecule has 1 heterocycles. The summed E-state index contributed by atoms with van der Waals surface area (Å²) < 4.78 is 5.38. The highest BCUT2D eigenvalue weighted by atomic mass is 16.5. The molecule has 5 nitrogen and oxygen atoms in total. The van der Waals surface area contributed by atoms with E-state index in [0.717, 1.165) is 33.4 Å². The number of hydrogen-bond donors (Lipinski definition) is 2. The summed E-state index contributed by atoms with van der Waals surface area (Å²) in [7, 11) is 1.63. The first-order chi connectivity index (χ1) is 12.3. The number of amides is 1. The van der Waals surface area contributed by atoms with E-state index in [1.807, 2.05) is 54.6 Å². The van der Waals surface area contributed by atoms with E-state index in [-0.39, 0.29) is 5.91 Å². The predicted octanol–water partition coefficient (Wildman–Crippen LogP) is 3.65.